The first-order valence-electron chi connectivity index (χ1n) is 7.87. The number of aliphatic imine (C=N–C) groups is 1. The maximum atomic E-state index is 6.12. The zero-order valence-corrected chi connectivity index (χ0v) is 14.0. The zero-order valence-electron chi connectivity index (χ0n) is 14.0. The maximum Gasteiger partial charge on any atom is 0.143 e. The van der Waals surface area contributed by atoms with Gasteiger partial charge in [0, 0.05) is 67.5 Å². The molecule has 2 fully saturated rings. The van der Waals surface area contributed by atoms with E-state index < -0.39 is 0 Å². The van der Waals surface area contributed by atoms with Crippen LogP contribution < -0.4 is 21.1 Å². The summed E-state index contributed by atoms with van der Waals surface area (Å²) in [5, 5.41) is 0. The van der Waals surface area contributed by atoms with Gasteiger partial charge < -0.3 is 26.0 Å². The molecule has 2 unspecified atom stereocenters. The second-order valence-electron chi connectivity index (χ2n) is 6.29. The van der Waals surface area contributed by atoms with Gasteiger partial charge in [0.2, 0.25) is 0 Å². The normalized spacial score (nSPS) is 24.8. The summed E-state index contributed by atoms with van der Waals surface area (Å²) in [5.41, 5.74) is 15.6. The number of piperazine rings is 1. The van der Waals surface area contributed by atoms with Crippen LogP contribution in [0.25, 0.3) is 5.57 Å². The van der Waals surface area contributed by atoms with E-state index in [0.29, 0.717) is 23.5 Å². The summed E-state index contributed by atoms with van der Waals surface area (Å²) in [7, 11) is 5.56. The number of hydrogen-bond acceptors (Lipinski definition) is 6. The van der Waals surface area contributed by atoms with Crippen molar-refractivity contribution in [2.75, 3.05) is 44.9 Å². The van der Waals surface area contributed by atoms with Crippen molar-refractivity contribution in [1.82, 2.24) is 4.90 Å². The largest absolute Gasteiger partial charge is 0.495 e. The maximum absolute atomic E-state index is 6.12. The fraction of sp³-hybridized carbons (Fsp3) is 0.471. The van der Waals surface area contributed by atoms with E-state index in [-0.39, 0.29) is 0 Å². The van der Waals surface area contributed by atoms with Crippen LogP contribution in [0.15, 0.2) is 23.3 Å². The highest BCUT2D eigenvalue weighted by molar-refractivity contribution is 6.12. The van der Waals surface area contributed by atoms with Gasteiger partial charge >= 0.3 is 0 Å². The quantitative estimate of drug-likeness (QED) is 0.644. The summed E-state index contributed by atoms with van der Waals surface area (Å²) in [5.74, 6) is 0.701. The third kappa shape index (κ3) is 2.63. The second-order valence-corrected chi connectivity index (χ2v) is 6.29. The van der Waals surface area contributed by atoms with E-state index in [4.69, 9.17) is 16.2 Å². The van der Waals surface area contributed by atoms with Crippen molar-refractivity contribution in [3.05, 3.63) is 23.9 Å². The molecule has 6 heteroatoms. The van der Waals surface area contributed by atoms with Gasteiger partial charge in [0.1, 0.15) is 5.75 Å². The van der Waals surface area contributed by atoms with Crippen LogP contribution in [0.2, 0.25) is 0 Å². The monoisotopic (exact) mass is 315 g/mol. The Labute approximate surface area is 137 Å². The van der Waals surface area contributed by atoms with Crippen molar-refractivity contribution in [3.63, 3.8) is 0 Å². The number of nitrogen functional groups attached to an aromatic ring is 1. The average molecular weight is 315 g/mol. The van der Waals surface area contributed by atoms with Crippen LogP contribution in [0.4, 0.5) is 11.4 Å². The molecule has 1 aromatic carbocycles. The molecule has 0 aromatic heterocycles. The molecule has 4 N–H and O–H groups in total. The Bertz CT molecular complexity index is 643. The van der Waals surface area contributed by atoms with Gasteiger partial charge in [-0.15, -0.1) is 0 Å². The number of likely N-dealkylation sites (N-methyl/N-ethyl adjacent to an activating group) is 1. The Morgan fingerprint density at radius 2 is 2.04 bits per heavy atom. The lowest BCUT2D eigenvalue weighted by Crippen LogP contribution is -2.68. The molecule has 0 saturated carbocycles. The van der Waals surface area contributed by atoms with Gasteiger partial charge in [-0.1, -0.05) is 0 Å². The topological polar surface area (TPSA) is 80.1 Å². The highest BCUT2D eigenvalue weighted by atomic mass is 16.5. The van der Waals surface area contributed by atoms with Crippen LogP contribution in [0.5, 0.6) is 5.75 Å². The van der Waals surface area contributed by atoms with E-state index in [1.807, 2.05) is 12.1 Å². The molecule has 0 radical (unpaired) electrons. The van der Waals surface area contributed by atoms with Crippen molar-refractivity contribution >= 4 is 23.2 Å². The number of fused-ring (bicyclic) bond motifs is 2. The molecule has 3 rings (SSSR count). The van der Waals surface area contributed by atoms with Gasteiger partial charge in [0.05, 0.1) is 12.8 Å². The number of ether oxygens (including phenoxy) is 1. The summed E-state index contributed by atoms with van der Waals surface area (Å²) in [6, 6.07) is 5.03. The predicted octanol–water partition coefficient (Wildman–Crippen LogP) is 1.17. The highest BCUT2D eigenvalue weighted by Gasteiger charge is 2.44. The molecule has 1 aromatic rings. The molecule has 2 heterocycles. The standard InChI is InChI=1S/C17H25N5O/c1-20-8-11(7-18)14-5-15(19)17(23-3)6-16(14)22-12-4-13(22)10-21(2)9-12/h5-8,12-13H,4,9-10,18-19H2,1-3H3. The van der Waals surface area contributed by atoms with Crippen molar-refractivity contribution in [2.45, 2.75) is 18.5 Å². The summed E-state index contributed by atoms with van der Waals surface area (Å²) in [4.78, 5) is 8.97. The van der Waals surface area contributed by atoms with Gasteiger partial charge in [0.25, 0.3) is 0 Å². The number of hydrogen-bond donors (Lipinski definition) is 2. The molecule has 2 atom stereocenters. The Morgan fingerprint density at radius 1 is 1.35 bits per heavy atom. The zero-order chi connectivity index (χ0) is 16.6. The second kappa shape index (κ2) is 6.12. The molecular formula is C17H25N5O. The van der Waals surface area contributed by atoms with Crippen molar-refractivity contribution in [1.29, 1.82) is 0 Å². The molecular weight excluding hydrogens is 290 g/mol. The lowest BCUT2D eigenvalue weighted by Gasteiger charge is -2.57. The number of anilines is 2. The van der Waals surface area contributed by atoms with Crippen LogP contribution in [0.3, 0.4) is 0 Å². The molecule has 2 saturated heterocycles. The number of rotatable bonds is 4. The summed E-state index contributed by atoms with van der Waals surface area (Å²) >= 11 is 0. The first-order valence-corrected chi connectivity index (χ1v) is 7.87. The number of nitrogens with zero attached hydrogens (tertiary/aromatic N) is 3. The highest BCUT2D eigenvalue weighted by Crippen LogP contribution is 2.43. The minimum absolute atomic E-state index is 0.531. The molecule has 2 aliphatic rings. The number of piperidine rings is 1. The number of likely N-dealkylation sites (tertiary alicyclic amines) is 1. The van der Waals surface area contributed by atoms with Crippen molar-refractivity contribution in [2.24, 2.45) is 10.7 Å². The Hall–Kier alpha value is -2.21. The first-order chi connectivity index (χ1) is 11.1. The van der Waals surface area contributed by atoms with Gasteiger partial charge in [-0.25, -0.2) is 0 Å². The van der Waals surface area contributed by atoms with Crippen LogP contribution in [-0.4, -0.2) is 57.5 Å². The lowest BCUT2D eigenvalue weighted by molar-refractivity contribution is 0.140. The Morgan fingerprint density at radius 3 is 2.61 bits per heavy atom. The molecule has 124 valence electrons. The molecule has 0 spiro atoms. The number of methoxy groups -OCH3 is 1. The SMILES string of the molecule is CN=CC(=CN)c1cc(N)c(OC)cc1N1C2CC1CN(C)C2. The Balaban J connectivity index is 2.07. The molecule has 2 aliphatic heterocycles. The van der Waals surface area contributed by atoms with E-state index in [1.165, 1.54) is 6.42 Å². The van der Waals surface area contributed by atoms with Crippen LogP contribution >= 0.6 is 0 Å². The molecule has 6 nitrogen and oxygen atoms in total. The third-order valence-corrected chi connectivity index (χ3v) is 4.76. The van der Waals surface area contributed by atoms with E-state index in [0.717, 1.165) is 29.9 Å². The summed E-state index contributed by atoms with van der Waals surface area (Å²) in [6.45, 7) is 2.15. The van der Waals surface area contributed by atoms with Crippen LogP contribution in [0, 0.1) is 0 Å². The van der Waals surface area contributed by atoms with E-state index in [2.05, 4.69) is 21.8 Å². The van der Waals surface area contributed by atoms with Crippen LogP contribution in [-0.2, 0) is 0 Å². The Kier molecular flexibility index (Phi) is 4.17. The fourth-order valence-electron chi connectivity index (χ4n) is 3.76. The van der Waals surface area contributed by atoms with E-state index in [9.17, 15) is 0 Å². The number of nitrogens with two attached hydrogens (primary N) is 2. The minimum Gasteiger partial charge on any atom is -0.495 e. The first kappa shape index (κ1) is 15.7. The van der Waals surface area contributed by atoms with Gasteiger partial charge in [0.15, 0.2) is 0 Å². The smallest absolute Gasteiger partial charge is 0.143 e. The van der Waals surface area contributed by atoms with Crippen LogP contribution in [0.1, 0.15) is 12.0 Å². The third-order valence-electron chi connectivity index (χ3n) is 4.76. The molecule has 0 amide bonds. The molecule has 0 aliphatic carbocycles. The minimum atomic E-state index is 0.531. The van der Waals surface area contributed by atoms with Gasteiger partial charge in [-0.3, -0.25) is 4.99 Å². The number of allylic oxidation sites excluding steroid dienone is 1. The molecule has 23 heavy (non-hydrogen) atoms. The van der Waals surface area contributed by atoms with Gasteiger partial charge in [-0.05, 0) is 19.5 Å². The fourth-order valence-corrected chi connectivity index (χ4v) is 3.76. The predicted molar refractivity (Wildman–Crippen MR) is 96.2 cm³/mol. The van der Waals surface area contributed by atoms with E-state index in [1.54, 1.807) is 26.6 Å². The van der Waals surface area contributed by atoms with E-state index >= 15 is 0 Å². The van der Waals surface area contributed by atoms with Gasteiger partial charge in [-0.2, -0.15) is 0 Å². The summed E-state index contributed by atoms with van der Waals surface area (Å²) in [6.07, 6.45) is 4.59. The molecule has 2 bridgehead atoms. The lowest BCUT2D eigenvalue weighted by atomic mass is 9.85. The average Bonchev–Trinajstić information content (AvgIpc) is 2.53. The van der Waals surface area contributed by atoms with Crippen molar-refractivity contribution < 1.29 is 4.74 Å². The van der Waals surface area contributed by atoms with Crippen molar-refractivity contribution in [3.8, 4) is 5.75 Å². The number of benzene rings is 1. The summed E-state index contributed by atoms with van der Waals surface area (Å²) < 4.78 is 5.43.